The molecule has 2 aromatic carbocycles. The predicted octanol–water partition coefficient (Wildman–Crippen LogP) is 3.02. The summed E-state index contributed by atoms with van der Waals surface area (Å²) in [6.45, 7) is 3.29. The lowest BCUT2D eigenvalue weighted by atomic mass is 10.1. The number of amides is 1. The van der Waals surface area contributed by atoms with Crippen LogP contribution in [-0.2, 0) is 16.4 Å². The Morgan fingerprint density at radius 1 is 1.13 bits per heavy atom. The fourth-order valence-corrected chi connectivity index (χ4v) is 5.32. The number of aryl methyl sites for hydroxylation is 1. The number of hydrogen-bond donors (Lipinski definition) is 2. The number of H-pyrrole nitrogens is 1. The summed E-state index contributed by atoms with van der Waals surface area (Å²) in [7, 11) is -3.57. The fraction of sp³-hybridized carbons (Fsp3) is 0.364. The Bertz CT molecular complexity index is 1130. The number of carbonyl (C=O) groups is 1. The van der Waals surface area contributed by atoms with E-state index >= 15 is 0 Å². The lowest BCUT2D eigenvalue weighted by Gasteiger charge is -2.26. The number of para-hydroxylation sites is 2. The zero-order chi connectivity index (χ0) is 21.1. The van der Waals surface area contributed by atoms with Gasteiger partial charge in [-0.2, -0.15) is 4.31 Å². The van der Waals surface area contributed by atoms with E-state index in [9.17, 15) is 13.2 Å². The summed E-state index contributed by atoms with van der Waals surface area (Å²) < 4.78 is 27.4. The van der Waals surface area contributed by atoms with Gasteiger partial charge in [-0.15, -0.1) is 0 Å². The van der Waals surface area contributed by atoms with E-state index in [2.05, 4.69) is 15.3 Å². The second-order valence-electron chi connectivity index (χ2n) is 7.65. The average Bonchev–Trinajstić information content (AvgIpc) is 3.17. The Kier molecular flexibility index (Phi) is 5.87. The van der Waals surface area contributed by atoms with Crippen molar-refractivity contribution in [2.45, 2.75) is 37.5 Å². The van der Waals surface area contributed by atoms with Crippen LogP contribution in [0.1, 0.15) is 41.0 Å². The van der Waals surface area contributed by atoms with Gasteiger partial charge in [0.05, 0.1) is 15.9 Å². The van der Waals surface area contributed by atoms with E-state index in [1.807, 2.05) is 31.2 Å². The molecule has 1 aliphatic rings. The van der Waals surface area contributed by atoms with E-state index in [0.717, 1.165) is 41.7 Å². The molecule has 3 aromatic rings. The SMILES string of the molecule is Cc1ccc(S(=O)(=O)N2CCCCC2)cc1C(=O)NCCc1nc2ccccc2[nH]1. The van der Waals surface area contributed by atoms with Crippen LogP contribution in [0, 0.1) is 6.92 Å². The van der Waals surface area contributed by atoms with Gasteiger partial charge in [-0.25, -0.2) is 13.4 Å². The van der Waals surface area contributed by atoms with Gasteiger partial charge in [0.1, 0.15) is 5.82 Å². The average molecular weight is 427 g/mol. The van der Waals surface area contributed by atoms with Crippen LogP contribution < -0.4 is 5.32 Å². The zero-order valence-corrected chi connectivity index (χ0v) is 17.8. The van der Waals surface area contributed by atoms with E-state index in [1.54, 1.807) is 12.1 Å². The standard InChI is InChI=1S/C22H26N4O3S/c1-16-9-10-17(30(28,29)26-13-5-2-6-14-26)15-18(16)22(27)23-12-11-21-24-19-7-3-4-8-20(19)25-21/h3-4,7-10,15H,2,5-6,11-14H2,1H3,(H,23,27)(H,24,25). The van der Waals surface area contributed by atoms with E-state index in [4.69, 9.17) is 0 Å². The Morgan fingerprint density at radius 2 is 1.90 bits per heavy atom. The predicted molar refractivity (Wildman–Crippen MR) is 116 cm³/mol. The molecule has 2 heterocycles. The van der Waals surface area contributed by atoms with Crippen LogP contribution in [0.15, 0.2) is 47.4 Å². The maximum atomic E-state index is 12.9. The van der Waals surface area contributed by atoms with Gasteiger partial charge in [-0.1, -0.05) is 24.6 Å². The lowest BCUT2D eigenvalue weighted by molar-refractivity contribution is 0.0953. The van der Waals surface area contributed by atoms with Crippen molar-refractivity contribution in [2.24, 2.45) is 0 Å². The molecule has 8 heteroatoms. The van der Waals surface area contributed by atoms with Gasteiger partial charge in [0.25, 0.3) is 5.91 Å². The Hall–Kier alpha value is -2.71. The first-order valence-electron chi connectivity index (χ1n) is 10.3. The minimum atomic E-state index is -3.57. The lowest BCUT2D eigenvalue weighted by Crippen LogP contribution is -2.35. The number of hydrogen-bond acceptors (Lipinski definition) is 4. The first-order valence-corrected chi connectivity index (χ1v) is 11.7. The fourth-order valence-electron chi connectivity index (χ4n) is 3.77. The summed E-state index contributed by atoms with van der Waals surface area (Å²) in [5.41, 5.74) is 2.99. The second kappa shape index (κ2) is 8.57. The molecule has 1 aliphatic heterocycles. The third-order valence-corrected chi connectivity index (χ3v) is 7.39. The highest BCUT2D eigenvalue weighted by Crippen LogP contribution is 2.23. The van der Waals surface area contributed by atoms with E-state index < -0.39 is 10.0 Å². The molecule has 0 atom stereocenters. The molecule has 0 bridgehead atoms. The van der Waals surface area contributed by atoms with Crippen molar-refractivity contribution in [1.82, 2.24) is 19.6 Å². The molecule has 158 valence electrons. The van der Waals surface area contributed by atoms with Crippen molar-refractivity contribution >= 4 is 27.0 Å². The number of nitrogens with zero attached hydrogens (tertiary/aromatic N) is 2. The van der Waals surface area contributed by atoms with Crippen LogP contribution >= 0.6 is 0 Å². The van der Waals surface area contributed by atoms with E-state index in [1.165, 1.54) is 10.4 Å². The van der Waals surface area contributed by atoms with Gasteiger partial charge in [-0.05, 0) is 49.6 Å². The molecule has 1 aromatic heterocycles. The minimum absolute atomic E-state index is 0.178. The highest BCUT2D eigenvalue weighted by Gasteiger charge is 2.27. The molecule has 0 spiro atoms. The third kappa shape index (κ3) is 4.24. The number of carbonyl (C=O) groups excluding carboxylic acids is 1. The van der Waals surface area contributed by atoms with Gasteiger partial charge >= 0.3 is 0 Å². The van der Waals surface area contributed by atoms with Crippen LogP contribution in [-0.4, -0.2) is 48.2 Å². The van der Waals surface area contributed by atoms with Gasteiger partial charge in [0, 0.05) is 31.6 Å². The molecule has 1 amide bonds. The van der Waals surface area contributed by atoms with Gasteiger partial charge in [0.2, 0.25) is 10.0 Å². The molecule has 0 unspecified atom stereocenters. The summed E-state index contributed by atoms with van der Waals surface area (Å²) in [5.74, 6) is 0.522. The number of sulfonamides is 1. The maximum Gasteiger partial charge on any atom is 0.251 e. The highest BCUT2D eigenvalue weighted by atomic mass is 32.2. The molecule has 7 nitrogen and oxygen atoms in total. The van der Waals surface area contributed by atoms with Crippen LogP contribution in [0.5, 0.6) is 0 Å². The summed E-state index contributed by atoms with van der Waals surface area (Å²) in [6.07, 6.45) is 3.37. The molecule has 0 aliphatic carbocycles. The summed E-state index contributed by atoms with van der Waals surface area (Å²) in [6, 6.07) is 12.6. The van der Waals surface area contributed by atoms with Gasteiger partial charge in [0.15, 0.2) is 0 Å². The van der Waals surface area contributed by atoms with E-state index in [-0.39, 0.29) is 10.8 Å². The zero-order valence-electron chi connectivity index (χ0n) is 17.0. The smallest absolute Gasteiger partial charge is 0.251 e. The highest BCUT2D eigenvalue weighted by molar-refractivity contribution is 7.89. The molecule has 2 N–H and O–H groups in total. The molecular formula is C22H26N4O3S. The van der Waals surface area contributed by atoms with Crippen molar-refractivity contribution in [2.75, 3.05) is 19.6 Å². The van der Waals surface area contributed by atoms with Crippen molar-refractivity contribution in [3.05, 3.63) is 59.4 Å². The normalized spacial score (nSPS) is 15.4. The molecule has 0 saturated carbocycles. The summed E-state index contributed by atoms with van der Waals surface area (Å²) >= 11 is 0. The molecule has 1 saturated heterocycles. The quantitative estimate of drug-likeness (QED) is 0.633. The van der Waals surface area contributed by atoms with Crippen molar-refractivity contribution < 1.29 is 13.2 Å². The number of fused-ring (bicyclic) bond motifs is 1. The summed E-state index contributed by atoms with van der Waals surface area (Å²) in [4.78, 5) is 20.7. The van der Waals surface area contributed by atoms with Crippen LogP contribution in [0.3, 0.4) is 0 Å². The Morgan fingerprint density at radius 3 is 2.67 bits per heavy atom. The van der Waals surface area contributed by atoms with Gasteiger partial charge < -0.3 is 10.3 Å². The molecule has 30 heavy (non-hydrogen) atoms. The second-order valence-corrected chi connectivity index (χ2v) is 9.59. The number of piperidine rings is 1. The number of benzene rings is 2. The maximum absolute atomic E-state index is 12.9. The molecular weight excluding hydrogens is 400 g/mol. The number of imidazole rings is 1. The van der Waals surface area contributed by atoms with Crippen molar-refractivity contribution in [1.29, 1.82) is 0 Å². The van der Waals surface area contributed by atoms with Crippen molar-refractivity contribution in [3.63, 3.8) is 0 Å². The van der Waals surface area contributed by atoms with E-state index in [0.29, 0.717) is 31.6 Å². The van der Waals surface area contributed by atoms with Crippen LogP contribution in [0.25, 0.3) is 11.0 Å². The van der Waals surface area contributed by atoms with Crippen molar-refractivity contribution in [3.8, 4) is 0 Å². The number of aromatic nitrogens is 2. The summed E-state index contributed by atoms with van der Waals surface area (Å²) in [5, 5.41) is 2.88. The van der Waals surface area contributed by atoms with Gasteiger partial charge in [-0.3, -0.25) is 4.79 Å². The number of rotatable bonds is 6. The third-order valence-electron chi connectivity index (χ3n) is 5.49. The molecule has 4 rings (SSSR count). The monoisotopic (exact) mass is 426 g/mol. The minimum Gasteiger partial charge on any atom is -0.352 e. The van der Waals surface area contributed by atoms with Crippen LogP contribution in [0.2, 0.25) is 0 Å². The largest absolute Gasteiger partial charge is 0.352 e. The molecule has 1 fully saturated rings. The topological polar surface area (TPSA) is 95.2 Å². The number of aromatic amines is 1. The first kappa shape index (κ1) is 20.6. The first-order chi connectivity index (χ1) is 14.4. The molecule has 0 radical (unpaired) electrons. The Balaban J connectivity index is 1.44. The number of nitrogens with one attached hydrogen (secondary N) is 2. The van der Waals surface area contributed by atoms with Crippen LogP contribution in [0.4, 0.5) is 0 Å². The Labute approximate surface area is 176 Å².